The molecule has 0 aromatic heterocycles. The Labute approximate surface area is 144 Å². The van der Waals surface area contributed by atoms with Crippen LogP contribution in [0.2, 0.25) is 0 Å². The van der Waals surface area contributed by atoms with Gasteiger partial charge in [0.25, 0.3) is 0 Å². The molecule has 4 heteroatoms. The molecule has 3 fully saturated rings. The maximum atomic E-state index is 11.9. The van der Waals surface area contributed by atoms with Gasteiger partial charge in [-0.3, -0.25) is 9.69 Å². The van der Waals surface area contributed by atoms with E-state index in [0.29, 0.717) is 12.0 Å². The zero-order valence-corrected chi connectivity index (χ0v) is 14.3. The van der Waals surface area contributed by atoms with E-state index in [1.807, 2.05) is 30.3 Å². The van der Waals surface area contributed by atoms with E-state index in [1.165, 1.54) is 38.8 Å². The Balaban J connectivity index is 0.00000156. The van der Waals surface area contributed by atoms with Crippen LogP contribution in [0.4, 0.5) is 0 Å². The number of carbonyl (C=O) groups is 1. The molecule has 3 unspecified atom stereocenters. The van der Waals surface area contributed by atoms with Crippen LogP contribution in [-0.4, -0.2) is 35.1 Å². The van der Waals surface area contributed by atoms with Gasteiger partial charge in [0.2, 0.25) is 0 Å². The standard InChI is InChI=1S/C19H25NO2.ClH/c21-18(22)19(16-6-2-1-3-7-16)11-15(12-19)17-9-8-14-5-4-10-20(17)13-14;/h1-3,6-7,14-15,17H,4-5,8-13H2,(H,21,22);1H. The fourth-order valence-corrected chi connectivity index (χ4v) is 5.16. The van der Waals surface area contributed by atoms with Gasteiger partial charge in [-0.1, -0.05) is 30.3 Å². The van der Waals surface area contributed by atoms with Crippen molar-refractivity contribution >= 4 is 18.4 Å². The smallest absolute Gasteiger partial charge is 0.314 e. The number of carboxylic acids is 1. The van der Waals surface area contributed by atoms with E-state index in [-0.39, 0.29) is 12.4 Å². The van der Waals surface area contributed by atoms with Crippen LogP contribution in [0.25, 0.3) is 0 Å². The lowest BCUT2D eigenvalue weighted by Gasteiger charge is -2.54. The summed E-state index contributed by atoms with van der Waals surface area (Å²) in [4.78, 5) is 14.6. The number of hydrogen-bond acceptors (Lipinski definition) is 2. The highest BCUT2D eigenvalue weighted by molar-refractivity contribution is 5.85. The lowest BCUT2D eigenvalue weighted by Crippen LogP contribution is -2.58. The molecule has 1 aromatic carbocycles. The minimum atomic E-state index is -0.637. The number of aliphatic carboxylic acids is 1. The summed E-state index contributed by atoms with van der Waals surface area (Å²) in [7, 11) is 0. The Morgan fingerprint density at radius 2 is 1.87 bits per heavy atom. The van der Waals surface area contributed by atoms with Crippen LogP contribution in [-0.2, 0) is 10.2 Å². The minimum absolute atomic E-state index is 0. The van der Waals surface area contributed by atoms with E-state index in [9.17, 15) is 9.90 Å². The van der Waals surface area contributed by atoms with Gasteiger partial charge in [0.1, 0.15) is 0 Å². The summed E-state index contributed by atoms with van der Waals surface area (Å²) in [6.07, 6.45) is 6.99. The fraction of sp³-hybridized carbons (Fsp3) is 0.632. The summed E-state index contributed by atoms with van der Waals surface area (Å²) >= 11 is 0. The normalized spacial score (nSPS) is 39.0. The van der Waals surface area contributed by atoms with Crippen LogP contribution in [0, 0.1) is 11.8 Å². The number of carboxylic acid groups (broad SMARTS) is 1. The molecule has 0 radical (unpaired) electrons. The maximum Gasteiger partial charge on any atom is 0.314 e. The van der Waals surface area contributed by atoms with E-state index in [4.69, 9.17) is 0 Å². The molecule has 0 spiro atoms. The SMILES string of the molecule is Cl.O=C(O)C1(c2ccccc2)CC(C2CCC3CCCN2C3)C1. The zero-order valence-electron chi connectivity index (χ0n) is 13.5. The van der Waals surface area contributed by atoms with E-state index >= 15 is 0 Å². The van der Waals surface area contributed by atoms with Gasteiger partial charge in [-0.05, 0) is 62.5 Å². The zero-order chi connectivity index (χ0) is 15.2. The Hall–Kier alpha value is -1.06. The van der Waals surface area contributed by atoms with Crippen LogP contribution < -0.4 is 0 Å². The van der Waals surface area contributed by atoms with Crippen LogP contribution >= 0.6 is 12.4 Å². The quantitative estimate of drug-likeness (QED) is 0.915. The third-order valence-electron chi connectivity index (χ3n) is 6.39. The van der Waals surface area contributed by atoms with Gasteiger partial charge in [0, 0.05) is 12.6 Å². The molecule has 23 heavy (non-hydrogen) atoms. The number of benzene rings is 1. The Kier molecular flexibility index (Phi) is 4.70. The molecule has 1 N–H and O–H groups in total. The molecule has 2 aliphatic heterocycles. The topological polar surface area (TPSA) is 40.5 Å². The van der Waals surface area contributed by atoms with E-state index in [2.05, 4.69) is 4.90 Å². The monoisotopic (exact) mass is 335 g/mol. The van der Waals surface area contributed by atoms with Crippen molar-refractivity contribution in [3.63, 3.8) is 0 Å². The summed E-state index contributed by atoms with van der Waals surface area (Å²) < 4.78 is 0. The van der Waals surface area contributed by atoms with E-state index in [0.717, 1.165) is 24.3 Å². The summed E-state index contributed by atoms with van der Waals surface area (Å²) in [5, 5.41) is 9.82. The number of rotatable bonds is 3. The van der Waals surface area contributed by atoms with Gasteiger partial charge < -0.3 is 5.11 Å². The highest BCUT2D eigenvalue weighted by Crippen LogP contribution is 2.52. The lowest BCUT2D eigenvalue weighted by atomic mass is 9.55. The Morgan fingerprint density at radius 1 is 1.13 bits per heavy atom. The fourth-order valence-electron chi connectivity index (χ4n) is 5.16. The van der Waals surface area contributed by atoms with Crippen molar-refractivity contribution in [1.29, 1.82) is 0 Å². The second-order valence-electron chi connectivity index (χ2n) is 7.57. The molecule has 4 rings (SSSR count). The molecule has 1 aromatic rings. The van der Waals surface area contributed by atoms with Gasteiger partial charge >= 0.3 is 5.97 Å². The first-order chi connectivity index (χ1) is 10.7. The third-order valence-corrected chi connectivity index (χ3v) is 6.39. The summed E-state index contributed by atoms with van der Waals surface area (Å²) in [5.74, 6) is 0.834. The van der Waals surface area contributed by atoms with Crippen LogP contribution in [0.1, 0.15) is 44.1 Å². The number of halogens is 1. The molecule has 1 saturated carbocycles. The van der Waals surface area contributed by atoms with Crippen molar-refractivity contribution in [2.75, 3.05) is 13.1 Å². The van der Waals surface area contributed by atoms with Crippen LogP contribution in [0.15, 0.2) is 30.3 Å². The lowest BCUT2D eigenvalue weighted by molar-refractivity contribution is -0.152. The number of nitrogens with zero attached hydrogens (tertiary/aromatic N) is 1. The third kappa shape index (κ3) is 2.78. The first kappa shape index (κ1) is 16.8. The average Bonchev–Trinajstić information content (AvgIpc) is 2.49. The van der Waals surface area contributed by atoms with Crippen molar-refractivity contribution < 1.29 is 9.90 Å². The first-order valence-corrected chi connectivity index (χ1v) is 8.72. The van der Waals surface area contributed by atoms with Crippen molar-refractivity contribution in [2.24, 2.45) is 11.8 Å². The number of piperidine rings is 2. The molecule has 3 aliphatic rings. The molecular formula is C19H26ClNO2. The van der Waals surface area contributed by atoms with Crippen molar-refractivity contribution in [2.45, 2.75) is 50.0 Å². The van der Waals surface area contributed by atoms with Crippen LogP contribution in [0.5, 0.6) is 0 Å². The van der Waals surface area contributed by atoms with Crippen molar-refractivity contribution in [3.8, 4) is 0 Å². The predicted molar refractivity (Wildman–Crippen MR) is 93.0 cm³/mol. The van der Waals surface area contributed by atoms with Crippen LogP contribution in [0.3, 0.4) is 0 Å². The molecule has 0 amide bonds. The summed E-state index contributed by atoms with van der Waals surface area (Å²) in [6.45, 7) is 2.48. The molecule has 126 valence electrons. The van der Waals surface area contributed by atoms with Crippen molar-refractivity contribution in [1.82, 2.24) is 4.90 Å². The number of hydrogen-bond donors (Lipinski definition) is 1. The summed E-state index contributed by atoms with van der Waals surface area (Å²) in [6, 6.07) is 10.5. The first-order valence-electron chi connectivity index (χ1n) is 8.72. The largest absolute Gasteiger partial charge is 0.481 e. The van der Waals surface area contributed by atoms with Gasteiger partial charge in [-0.25, -0.2) is 0 Å². The predicted octanol–water partition coefficient (Wildman–Crippen LogP) is 3.72. The molecule has 2 bridgehead atoms. The second kappa shape index (κ2) is 6.45. The average molecular weight is 336 g/mol. The molecule has 2 heterocycles. The van der Waals surface area contributed by atoms with E-state index in [1.54, 1.807) is 0 Å². The van der Waals surface area contributed by atoms with Gasteiger partial charge in [0.05, 0.1) is 5.41 Å². The highest BCUT2D eigenvalue weighted by atomic mass is 35.5. The Bertz CT molecular complexity index is 556. The minimum Gasteiger partial charge on any atom is -0.481 e. The second-order valence-corrected chi connectivity index (χ2v) is 7.57. The molecule has 2 saturated heterocycles. The number of fused-ring (bicyclic) bond motifs is 2. The summed E-state index contributed by atoms with van der Waals surface area (Å²) in [5.41, 5.74) is 0.365. The molecule has 3 nitrogen and oxygen atoms in total. The van der Waals surface area contributed by atoms with Gasteiger partial charge in [-0.2, -0.15) is 0 Å². The molecule has 3 atom stereocenters. The highest BCUT2D eigenvalue weighted by Gasteiger charge is 2.55. The maximum absolute atomic E-state index is 11.9. The Morgan fingerprint density at radius 3 is 2.57 bits per heavy atom. The van der Waals surface area contributed by atoms with Crippen molar-refractivity contribution in [3.05, 3.63) is 35.9 Å². The molecular weight excluding hydrogens is 310 g/mol. The molecule has 1 aliphatic carbocycles. The van der Waals surface area contributed by atoms with Gasteiger partial charge in [0.15, 0.2) is 0 Å². The van der Waals surface area contributed by atoms with E-state index < -0.39 is 11.4 Å². The van der Waals surface area contributed by atoms with Gasteiger partial charge in [-0.15, -0.1) is 12.4 Å².